The van der Waals surface area contributed by atoms with E-state index in [9.17, 15) is 5.11 Å². The summed E-state index contributed by atoms with van der Waals surface area (Å²) in [5.74, 6) is 1.03. The van der Waals surface area contributed by atoms with Gasteiger partial charge in [0.2, 0.25) is 0 Å². The molecule has 0 bridgehead atoms. The van der Waals surface area contributed by atoms with Crippen LogP contribution in [0.5, 0.6) is 0 Å². The van der Waals surface area contributed by atoms with E-state index in [0.717, 1.165) is 18.7 Å². The van der Waals surface area contributed by atoms with Crippen LogP contribution >= 0.6 is 0 Å². The number of hydrogen-bond acceptors (Lipinski definition) is 3. The Kier molecular flexibility index (Phi) is 3.05. The number of nitrogens with zero attached hydrogens (tertiary/aromatic N) is 3. The first-order valence-corrected chi connectivity index (χ1v) is 5.80. The van der Waals surface area contributed by atoms with Crippen LogP contribution in [0.4, 0.5) is 0 Å². The van der Waals surface area contributed by atoms with Gasteiger partial charge in [-0.25, -0.2) is 4.68 Å². The summed E-state index contributed by atoms with van der Waals surface area (Å²) in [6, 6.07) is 0. The average Bonchev–Trinajstić information content (AvgIpc) is 2.98. The molecule has 84 valence electrons. The van der Waals surface area contributed by atoms with E-state index in [0.29, 0.717) is 11.8 Å². The summed E-state index contributed by atoms with van der Waals surface area (Å²) < 4.78 is 1.82. The molecule has 1 saturated carbocycles. The zero-order valence-corrected chi connectivity index (χ0v) is 9.43. The first-order valence-electron chi connectivity index (χ1n) is 5.80. The molecule has 0 radical (unpaired) electrons. The molecular weight excluding hydrogens is 190 g/mol. The molecule has 0 aromatic carbocycles. The van der Waals surface area contributed by atoms with E-state index >= 15 is 0 Å². The van der Waals surface area contributed by atoms with Crippen molar-refractivity contribution in [2.45, 2.75) is 45.8 Å². The Hall–Kier alpha value is -0.900. The van der Waals surface area contributed by atoms with Crippen molar-refractivity contribution in [2.75, 3.05) is 0 Å². The van der Waals surface area contributed by atoms with Crippen molar-refractivity contribution in [3.63, 3.8) is 0 Å². The van der Waals surface area contributed by atoms with Gasteiger partial charge in [-0.15, -0.1) is 5.10 Å². The number of aryl methyl sites for hydroxylation is 1. The summed E-state index contributed by atoms with van der Waals surface area (Å²) >= 11 is 0. The Balaban J connectivity index is 2.09. The van der Waals surface area contributed by atoms with E-state index in [4.69, 9.17) is 0 Å². The van der Waals surface area contributed by atoms with Gasteiger partial charge in [-0.2, -0.15) is 0 Å². The van der Waals surface area contributed by atoms with Crippen molar-refractivity contribution in [3.8, 4) is 0 Å². The van der Waals surface area contributed by atoms with Crippen molar-refractivity contribution >= 4 is 0 Å². The number of aliphatic hydroxyl groups excluding tert-OH is 1. The number of hydrogen-bond donors (Lipinski definition) is 1. The molecule has 0 saturated heterocycles. The van der Waals surface area contributed by atoms with Gasteiger partial charge in [-0.3, -0.25) is 0 Å². The Labute approximate surface area is 90.3 Å². The maximum atomic E-state index is 10.2. The lowest BCUT2D eigenvalue weighted by Crippen LogP contribution is -2.16. The van der Waals surface area contributed by atoms with Gasteiger partial charge < -0.3 is 5.11 Å². The highest BCUT2D eigenvalue weighted by atomic mass is 16.3. The number of rotatable bonds is 5. The predicted molar refractivity (Wildman–Crippen MR) is 57.2 cm³/mol. The topological polar surface area (TPSA) is 50.9 Å². The monoisotopic (exact) mass is 209 g/mol. The molecule has 4 nitrogen and oxygen atoms in total. The molecule has 1 fully saturated rings. The molecule has 0 amide bonds. The second-order valence-corrected chi connectivity index (χ2v) is 4.52. The van der Waals surface area contributed by atoms with Crippen LogP contribution in [-0.4, -0.2) is 20.1 Å². The summed E-state index contributed by atoms with van der Waals surface area (Å²) in [6.07, 6.45) is 4.82. The molecule has 1 aliphatic rings. The van der Waals surface area contributed by atoms with Gasteiger partial charge in [0.25, 0.3) is 0 Å². The van der Waals surface area contributed by atoms with Gasteiger partial charge in [-0.05, 0) is 31.1 Å². The van der Waals surface area contributed by atoms with Crippen LogP contribution in [0.25, 0.3) is 0 Å². The molecule has 0 spiro atoms. The first kappa shape index (κ1) is 10.6. The van der Waals surface area contributed by atoms with E-state index in [1.54, 1.807) is 6.20 Å². The highest BCUT2D eigenvalue weighted by molar-refractivity contribution is 5.02. The summed E-state index contributed by atoms with van der Waals surface area (Å²) in [5.41, 5.74) is 0.872. The van der Waals surface area contributed by atoms with Crippen molar-refractivity contribution < 1.29 is 5.11 Å². The van der Waals surface area contributed by atoms with Gasteiger partial charge in [0.1, 0.15) is 6.10 Å². The van der Waals surface area contributed by atoms with Crippen molar-refractivity contribution in [2.24, 2.45) is 11.8 Å². The Bertz CT molecular complexity index is 319. The zero-order valence-electron chi connectivity index (χ0n) is 9.43. The summed E-state index contributed by atoms with van der Waals surface area (Å²) in [5, 5.41) is 18.1. The van der Waals surface area contributed by atoms with Crippen molar-refractivity contribution in [1.29, 1.82) is 0 Å². The molecule has 1 N–H and O–H groups in total. The van der Waals surface area contributed by atoms with Gasteiger partial charge >= 0.3 is 0 Å². The maximum absolute atomic E-state index is 10.2. The predicted octanol–water partition coefficient (Wildman–Crippen LogP) is 1.77. The van der Waals surface area contributed by atoms with Crippen LogP contribution in [0.3, 0.4) is 0 Å². The molecule has 1 aromatic rings. The molecule has 4 heteroatoms. The molecule has 1 heterocycles. The van der Waals surface area contributed by atoms with E-state index in [1.807, 2.05) is 4.68 Å². The molecule has 2 rings (SSSR count). The normalized spacial score (nSPS) is 20.2. The summed E-state index contributed by atoms with van der Waals surface area (Å²) in [6.45, 7) is 5.05. The third-order valence-corrected chi connectivity index (χ3v) is 3.25. The lowest BCUT2D eigenvalue weighted by atomic mass is 9.97. The van der Waals surface area contributed by atoms with Crippen LogP contribution in [0.1, 0.15) is 44.9 Å². The van der Waals surface area contributed by atoms with Gasteiger partial charge in [0.05, 0.1) is 11.9 Å². The second-order valence-electron chi connectivity index (χ2n) is 4.52. The van der Waals surface area contributed by atoms with Crippen LogP contribution in [-0.2, 0) is 6.54 Å². The van der Waals surface area contributed by atoms with E-state index in [2.05, 4.69) is 24.2 Å². The van der Waals surface area contributed by atoms with Crippen LogP contribution in [0, 0.1) is 11.8 Å². The minimum Gasteiger partial charge on any atom is -0.386 e. The van der Waals surface area contributed by atoms with Crippen molar-refractivity contribution in [1.82, 2.24) is 15.0 Å². The standard InChI is InChI=1S/C11H19N3O/c1-3-6-14-10(7-12-13-14)11(15)8(2)9-4-5-9/h7-9,11,15H,3-6H2,1-2H3. The molecule has 2 atom stereocenters. The zero-order chi connectivity index (χ0) is 10.8. The van der Waals surface area contributed by atoms with Gasteiger partial charge in [0, 0.05) is 6.54 Å². The maximum Gasteiger partial charge on any atom is 0.100 e. The molecule has 15 heavy (non-hydrogen) atoms. The number of aliphatic hydroxyl groups is 1. The third-order valence-electron chi connectivity index (χ3n) is 3.25. The first-order chi connectivity index (χ1) is 7.24. The third kappa shape index (κ3) is 2.20. The SMILES string of the molecule is CCCn1nncc1C(O)C(C)C1CC1. The van der Waals surface area contributed by atoms with E-state index < -0.39 is 6.10 Å². The van der Waals surface area contributed by atoms with E-state index in [1.165, 1.54) is 12.8 Å². The lowest BCUT2D eigenvalue weighted by molar-refractivity contribution is 0.0964. The Morgan fingerprint density at radius 1 is 1.60 bits per heavy atom. The minimum atomic E-state index is -0.404. The molecule has 1 aromatic heterocycles. The molecular formula is C11H19N3O. The number of aromatic nitrogens is 3. The quantitative estimate of drug-likeness (QED) is 0.804. The fourth-order valence-electron chi connectivity index (χ4n) is 2.03. The summed E-state index contributed by atoms with van der Waals surface area (Å²) in [4.78, 5) is 0. The highest BCUT2D eigenvalue weighted by Gasteiger charge is 2.34. The molecule has 0 aliphatic heterocycles. The van der Waals surface area contributed by atoms with Crippen LogP contribution < -0.4 is 0 Å². The second kappa shape index (κ2) is 4.31. The largest absolute Gasteiger partial charge is 0.386 e. The minimum absolute atomic E-state index is 0.333. The highest BCUT2D eigenvalue weighted by Crippen LogP contribution is 2.42. The fraction of sp³-hybridized carbons (Fsp3) is 0.818. The van der Waals surface area contributed by atoms with Crippen LogP contribution in [0.15, 0.2) is 6.20 Å². The van der Waals surface area contributed by atoms with Gasteiger partial charge in [-0.1, -0.05) is 19.1 Å². The van der Waals surface area contributed by atoms with Crippen LogP contribution in [0.2, 0.25) is 0 Å². The summed E-state index contributed by atoms with van der Waals surface area (Å²) in [7, 11) is 0. The smallest absolute Gasteiger partial charge is 0.100 e. The fourth-order valence-corrected chi connectivity index (χ4v) is 2.03. The Morgan fingerprint density at radius 2 is 2.33 bits per heavy atom. The molecule has 2 unspecified atom stereocenters. The van der Waals surface area contributed by atoms with E-state index in [-0.39, 0.29) is 0 Å². The average molecular weight is 209 g/mol. The Morgan fingerprint density at radius 3 is 2.93 bits per heavy atom. The van der Waals surface area contributed by atoms with Gasteiger partial charge in [0.15, 0.2) is 0 Å². The molecule has 1 aliphatic carbocycles. The van der Waals surface area contributed by atoms with Crippen molar-refractivity contribution in [3.05, 3.63) is 11.9 Å². The lowest BCUT2D eigenvalue weighted by Gasteiger charge is -2.18.